The predicted octanol–water partition coefficient (Wildman–Crippen LogP) is 3.45. The van der Waals surface area contributed by atoms with Gasteiger partial charge in [-0.2, -0.15) is 0 Å². The molecule has 0 saturated carbocycles. The largest absolute Gasteiger partial charge is 0.482 e. The van der Waals surface area contributed by atoms with E-state index >= 15 is 0 Å². The Hall–Kier alpha value is -2.76. The molecule has 6 nitrogen and oxygen atoms in total. The molecule has 0 unspecified atom stereocenters. The summed E-state index contributed by atoms with van der Waals surface area (Å²) >= 11 is 0. The number of rotatable bonds is 5. The number of carbonyl (C=O) groups is 2. The van der Waals surface area contributed by atoms with Crippen molar-refractivity contribution < 1.29 is 23.8 Å². The first-order valence-corrected chi connectivity index (χ1v) is 8.02. The molecule has 0 aliphatic carbocycles. The Labute approximate surface area is 148 Å². The van der Waals surface area contributed by atoms with Gasteiger partial charge in [0.1, 0.15) is 5.56 Å². The molecular weight excluding hydrogens is 322 g/mol. The lowest BCUT2D eigenvalue weighted by atomic mass is 10.1. The molecule has 1 aromatic heterocycles. The van der Waals surface area contributed by atoms with Gasteiger partial charge in [0.15, 0.2) is 0 Å². The van der Waals surface area contributed by atoms with Crippen molar-refractivity contribution in [2.24, 2.45) is 0 Å². The molecule has 0 N–H and O–H groups in total. The number of carbonyl (C=O) groups excluding carboxylic acids is 2. The Kier molecular flexibility index (Phi) is 7.72. The molecule has 0 aliphatic rings. The zero-order valence-corrected chi connectivity index (χ0v) is 15.6. The third-order valence-electron chi connectivity index (χ3n) is 3.63. The summed E-state index contributed by atoms with van der Waals surface area (Å²) < 4.78 is 16.7. The second-order valence-corrected chi connectivity index (χ2v) is 4.90. The van der Waals surface area contributed by atoms with E-state index in [0.717, 1.165) is 5.56 Å². The highest BCUT2D eigenvalue weighted by Crippen LogP contribution is 2.31. The number of methoxy groups -OCH3 is 3. The molecule has 0 amide bonds. The number of esters is 2. The summed E-state index contributed by atoms with van der Waals surface area (Å²) in [5.74, 6) is -0.969. The van der Waals surface area contributed by atoms with Crippen molar-refractivity contribution in [3.63, 3.8) is 0 Å². The van der Waals surface area contributed by atoms with Crippen LogP contribution in [0.15, 0.2) is 30.3 Å². The molecule has 2 rings (SSSR count). The smallest absolute Gasteiger partial charge is 0.344 e. The molecule has 2 aromatic rings. The quantitative estimate of drug-likeness (QED) is 0.775. The first-order chi connectivity index (χ1) is 12.0. The van der Waals surface area contributed by atoms with Crippen LogP contribution in [0.25, 0.3) is 0 Å². The van der Waals surface area contributed by atoms with Crippen LogP contribution in [0.5, 0.6) is 5.88 Å². The van der Waals surface area contributed by atoms with Crippen LogP contribution in [0.2, 0.25) is 0 Å². The fraction of sp³-hybridized carbons (Fsp3) is 0.368. The van der Waals surface area contributed by atoms with Crippen LogP contribution < -0.4 is 4.74 Å². The van der Waals surface area contributed by atoms with Gasteiger partial charge in [0, 0.05) is 5.69 Å². The van der Waals surface area contributed by atoms with Gasteiger partial charge in [0.25, 0.3) is 0 Å². The molecule has 25 heavy (non-hydrogen) atoms. The van der Waals surface area contributed by atoms with Crippen molar-refractivity contribution in [2.45, 2.75) is 27.3 Å². The highest BCUT2D eigenvalue weighted by Gasteiger charge is 2.31. The molecule has 1 heterocycles. The molecule has 0 radical (unpaired) electrons. The number of hydrogen-bond donors (Lipinski definition) is 0. The van der Waals surface area contributed by atoms with Crippen molar-refractivity contribution in [1.29, 1.82) is 0 Å². The maximum absolute atomic E-state index is 12.1. The van der Waals surface area contributed by atoms with Crippen LogP contribution >= 0.6 is 0 Å². The van der Waals surface area contributed by atoms with Crippen molar-refractivity contribution in [2.75, 3.05) is 21.3 Å². The number of benzene rings is 1. The fourth-order valence-corrected chi connectivity index (χ4v) is 2.52. The zero-order valence-electron chi connectivity index (χ0n) is 15.6. The van der Waals surface area contributed by atoms with E-state index in [1.54, 1.807) is 11.5 Å². The molecule has 0 saturated heterocycles. The molecule has 136 valence electrons. The van der Waals surface area contributed by atoms with Gasteiger partial charge in [-0.25, -0.2) is 9.59 Å². The minimum absolute atomic E-state index is 0.0790. The van der Waals surface area contributed by atoms with E-state index in [1.165, 1.54) is 21.3 Å². The topological polar surface area (TPSA) is 66.8 Å². The standard InChI is InChI=1S/C17H19NO5.C2H6/c1-11-13(16(19)22-3)14(17(20)23-4)15(21-2)18(11)10-12-8-6-5-7-9-12;1-2/h5-9H,10H2,1-4H3;1-2H3. The first kappa shape index (κ1) is 20.3. The normalized spacial score (nSPS) is 9.68. The Morgan fingerprint density at radius 1 is 0.920 bits per heavy atom. The molecule has 0 spiro atoms. The summed E-state index contributed by atoms with van der Waals surface area (Å²) in [5.41, 5.74) is 1.83. The Morgan fingerprint density at radius 3 is 1.92 bits per heavy atom. The number of aromatic nitrogens is 1. The second-order valence-electron chi connectivity index (χ2n) is 4.90. The van der Waals surface area contributed by atoms with Gasteiger partial charge in [-0.1, -0.05) is 44.2 Å². The second kappa shape index (κ2) is 9.52. The summed E-state index contributed by atoms with van der Waals surface area (Å²) in [6.45, 7) is 6.20. The number of hydrogen-bond acceptors (Lipinski definition) is 5. The van der Waals surface area contributed by atoms with Crippen molar-refractivity contribution in [3.8, 4) is 5.88 Å². The molecule has 0 atom stereocenters. The minimum Gasteiger partial charge on any atom is -0.482 e. The van der Waals surface area contributed by atoms with Gasteiger partial charge >= 0.3 is 11.9 Å². The molecule has 0 bridgehead atoms. The third kappa shape index (κ3) is 4.21. The van der Waals surface area contributed by atoms with E-state index in [1.807, 2.05) is 44.2 Å². The lowest BCUT2D eigenvalue weighted by Crippen LogP contribution is -2.11. The molecule has 1 aromatic carbocycles. The molecule has 6 heteroatoms. The van der Waals surface area contributed by atoms with Crippen LogP contribution in [0.4, 0.5) is 0 Å². The third-order valence-corrected chi connectivity index (χ3v) is 3.63. The summed E-state index contributed by atoms with van der Waals surface area (Å²) in [6.07, 6.45) is 0. The fourth-order valence-electron chi connectivity index (χ4n) is 2.52. The maximum Gasteiger partial charge on any atom is 0.344 e. The van der Waals surface area contributed by atoms with Gasteiger partial charge in [-0.3, -0.25) is 0 Å². The van der Waals surface area contributed by atoms with Gasteiger partial charge < -0.3 is 18.8 Å². The van der Waals surface area contributed by atoms with Crippen LogP contribution in [0.3, 0.4) is 0 Å². The van der Waals surface area contributed by atoms with Gasteiger partial charge in [-0.15, -0.1) is 0 Å². The number of ether oxygens (including phenoxy) is 3. The van der Waals surface area contributed by atoms with E-state index in [9.17, 15) is 9.59 Å². The Bertz CT molecular complexity index is 719. The van der Waals surface area contributed by atoms with Crippen molar-refractivity contribution >= 4 is 11.9 Å². The van der Waals surface area contributed by atoms with Crippen molar-refractivity contribution in [1.82, 2.24) is 4.57 Å². The monoisotopic (exact) mass is 347 g/mol. The average Bonchev–Trinajstić information content (AvgIpc) is 2.94. The summed E-state index contributed by atoms with van der Waals surface area (Å²) in [4.78, 5) is 24.2. The summed E-state index contributed by atoms with van der Waals surface area (Å²) in [6, 6.07) is 9.66. The van der Waals surface area contributed by atoms with Crippen LogP contribution in [0.1, 0.15) is 45.8 Å². The summed E-state index contributed by atoms with van der Waals surface area (Å²) in [7, 11) is 3.97. The van der Waals surface area contributed by atoms with E-state index in [-0.39, 0.29) is 17.0 Å². The highest BCUT2D eigenvalue weighted by molar-refractivity contribution is 6.06. The van der Waals surface area contributed by atoms with Crippen LogP contribution in [0, 0.1) is 6.92 Å². The number of nitrogens with zero attached hydrogens (tertiary/aromatic N) is 1. The lowest BCUT2D eigenvalue weighted by Gasteiger charge is -2.11. The van der Waals surface area contributed by atoms with Crippen LogP contribution in [-0.4, -0.2) is 37.8 Å². The Balaban J connectivity index is 0.00000151. The summed E-state index contributed by atoms with van der Waals surface area (Å²) in [5, 5.41) is 0. The maximum atomic E-state index is 12.1. The van der Waals surface area contributed by atoms with Gasteiger partial charge in [0.05, 0.1) is 33.4 Å². The average molecular weight is 347 g/mol. The molecule has 0 aliphatic heterocycles. The van der Waals surface area contributed by atoms with E-state index in [2.05, 4.69) is 0 Å². The van der Waals surface area contributed by atoms with E-state index in [4.69, 9.17) is 14.2 Å². The lowest BCUT2D eigenvalue weighted by molar-refractivity contribution is 0.0553. The zero-order chi connectivity index (χ0) is 19.0. The van der Waals surface area contributed by atoms with E-state index in [0.29, 0.717) is 12.2 Å². The SMILES string of the molecule is CC.COC(=O)c1c(C(=O)OC)c(OC)n(Cc2ccccc2)c1C. The van der Waals surface area contributed by atoms with Crippen LogP contribution in [-0.2, 0) is 16.0 Å². The first-order valence-electron chi connectivity index (χ1n) is 8.02. The van der Waals surface area contributed by atoms with E-state index < -0.39 is 11.9 Å². The molecule has 0 fully saturated rings. The molecular formula is C19H25NO5. The van der Waals surface area contributed by atoms with Gasteiger partial charge in [-0.05, 0) is 12.5 Å². The highest BCUT2D eigenvalue weighted by atomic mass is 16.5. The van der Waals surface area contributed by atoms with Gasteiger partial charge in [0.2, 0.25) is 5.88 Å². The van der Waals surface area contributed by atoms with Crippen molar-refractivity contribution in [3.05, 3.63) is 52.7 Å². The predicted molar refractivity (Wildman–Crippen MR) is 95.3 cm³/mol. The Morgan fingerprint density at radius 2 is 1.44 bits per heavy atom. The minimum atomic E-state index is -0.642.